The highest BCUT2D eigenvalue weighted by Gasteiger charge is 2.29. The first kappa shape index (κ1) is 22.1. The molecule has 0 radical (unpaired) electrons. The molecule has 0 unspecified atom stereocenters. The van der Waals surface area contributed by atoms with Gasteiger partial charge in [-0.25, -0.2) is 19.7 Å². The van der Waals surface area contributed by atoms with Crippen molar-refractivity contribution in [2.24, 2.45) is 0 Å². The number of piperazine rings is 1. The quantitative estimate of drug-likeness (QED) is 0.599. The first-order chi connectivity index (χ1) is 15.9. The standard InChI is InChI=1S/C23H24N6O4/c1-14-11-24-13-25-20(14)18-10-19(30)27-23(26-18)29-9-8-28(12-15(29)2)21(31)16-4-6-17(7-5-16)22(32)33-3/h4-7,10-11,13,15H,8-9,12H2,1-3H3,(H,26,27,30)/t15-/m1/s1. The van der Waals surface area contributed by atoms with E-state index >= 15 is 0 Å². The first-order valence-corrected chi connectivity index (χ1v) is 10.5. The number of anilines is 1. The molecule has 1 aliphatic heterocycles. The fourth-order valence-corrected chi connectivity index (χ4v) is 3.88. The van der Waals surface area contributed by atoms with E-state index in [2.05, 4.69) is 19.9 Å². The van der Waals surface area contributed by atoms with Crippen LogP contribution in [0, 0.1) is 6.92 Å². The molecule has 3 heterocycles. The third-order valence-corrected chi connectivity index (χ3v) is 5.61. The molecule has 1 atom stereocenters. The Morgan fingerprint density at radius 1 is 1.15 bits per heavy atom. The van der Waals surface area contributed by atoms with E-state index in [0.29, 0.717) is 48.1 Å². The fraction of sp³-hybridized carbons (Fsp3) is 0.304. The third-order valence-electron chi connectivity index (χ3n) is 5.61. The van der Waals surface area contributed by atoms with Gasteiger partial charge in [0.1, 0.15) is 6.33 Å². The predicted octanol–water partition coefficient (Wildman–Crippen LogP) is 1.67. The minimum atomic E-state index is -0.447. The number of nitrogens with one attached hydrogen (secondary N) is 1. The average molecular weight is 448 g/mol. The molecular weight excluding hydrogens is 424 g/mol. The molecule has 1 aliphatic rings. The lowest BCUT2D eigenvalue weighted by atomic mass is 10.1. The van der Waals surface area contributed by atoms with Gasteiger partial charge >= 0.3 is 5.97 Å². The molecule has 0 aliphatic carbocycles. The number of aromatic amines is 1. The molecule has 1 saturated heterocycles. The Kier molecular flexibility index (Phi) is 6.16. The summed E-state index contributed by atoms with van der Waals surface area (Å²) in [5, 5.41) is 0. The number of amides is 1. The Morgan fingerprint density at radius 3 is 2.55 bits per heavy atom. The number of esters is 1. The Morgan fingerprint density at radius 2 is 1.88 bits per heavy atom. The van der Waals surface area contributed by atoms with Crippen LogP contribution in [0.25, 0.3) is 11.4 Å². The lowest BCUT2D eigenvalue weighted by molar-refractivity contribution is 0.0599. The molecule has 0 spiro atoms. The van der Waals surface area contributed by atoms with Crippen LogP contribution in [0.5, 0.6) is 0 Å². The van der Waals surface area contributed by atoms with E-state index in [1.165, 1.54) is 19.5 Å². The topological polar surface area (TPSA) is 121 Å². The van der Waals surface area contributed by atoms with Crippen LogP contribution < -0.4 is 10.5 Å². The number of nitrogens with zero attached hydrogens (tertiary/aromatic N) is 5. The molecular formula is C23H24N6O4. The van der Waals surface area contributed by atoms with Crippen LogP contribution in [0.1, 0.15) is 33.2 Å². The van der Waals surface area contributed by atoms with E-state index in [0.717, 1.165) is 5.56 Å². The van der Waals surface area contributed by atoms with Crippen molar-refractivity contribution in [2.75, 3.05) is 31.6 Å². The van der Waals surface area contributed by atoms with E-state index in [9.17, 15) is 14.4 Å². The van der Waals surface area contributed by atoms with Crippen molar-refractivity contribution in [3.8, 4) is 11.4 Å². The van der Waals surface area contributed by atoms with Crippen molar-refractivity contribution >= 4 is 17.8 Å². The van der Waals surface area contributed by atoms with Gasteiger partial charge in [0.15, 0.2) is 0 Å². The predicted molar refractivity (Wildman–Crippen MR) is 121 cm³/mol. The van der Waals surface area contributed by atoms with Crippen LogP contribution in [0.3, 0.4) is 0 Å². The zero-order valence-electron chi connectivity index (χ0n) is 18.6. The first-order valence-electron chi connectivity index (χ1n) is 10.5. The lowest BCUT2D eigenvalue weighted by Crippen LogP contribution is -2.54. The summed E-state index contributed by atoms with van der Waals surface area (Å²) < 4.78 is 4.69. The molecule has 170 valence electrons. The van der Waals surface area contributed by atoms with Crippen molar-refractivity contribution < 1.29 is 14.3 Å². The summed E-state index contributed by atoms with van der Waals surface area (Å²) in [7, 11) is 1.31. The number of carbonyl (C=O) groups is 2. The second-order valence-electron chi connectivity index (χ2n) is 7.87. The molecule has 3 aromatic rings. The molecule has 1 aromatic carbocycles. The van der Waals surface area contributed by atoms with Gasteiger partial charge < -0.3 is 14.5 Å². The number of H-pyrrole nitrogens is 1. The van der Waals surface area contributed by atoms with Crippen LogP contribution in [-0.4, -0.2) is 69.5 Å². The van der Waals surface area contributed by atoms with Gasteiger partial charge in [-0.15, -0.1) is 0 Å². The van der Waals surface area contributed by atoms with Crippen LogP contribution >= 0.6 is 0 Å². The maximum absolute atomic E-state index is 13.0. The fourth-order valence-electron chi connectivity index (χ4n) is 3.88. The van der Waals surface area contributed by atoms with Crippen molar-refractivity contribution in [1.82, 2.24) is 24.8 Å². The molecule has 0 bridgehead atoms. The monoisotopic (exact) mass is 448 g/mol. The number of hydrogen-bond acceptors (Lipinski definition) is 8. The van der Waals surface area contributed by atoms with Crippen molar-refractivity contribution in [1.29, 1.82) is 0 Å². The number of benzene rings is 1. The number of aryl methyl sites for hydroxylation is 1. The van der Waals surface area contributed by atoms with Crippen LogP contribution in [0.4, 0.5) is 5.95 Å². The molecule has 0 saturated carbocycles. The number of carbonyl (C=O) groups excluding carboxylic acids is 2. The second kappa shape index (κ2) is 9.19. The SMILES string of the molecule is COC(=O)c1ccc(C(=O)N2CCN(c3nc(-c4ncncc4C)cc(=O)[nH]3)[C@H](C)C2)cc1. The Labute approximate surface area is 190 Å². The number of ether oxygens (including phenoxy) is 1. The lowest BCUT2D eigenvalue weighted by Gasteiger charge is -2.40. The van der Waals surface area contributed by atoms with Gasteiger partial charge in [-0.1, -0.05) is 0 Å². The molecule has 1 amide bonds. The normalized spacial score (nSPS) is 15.9. The number of rotatable bonds is 4. The van der Waals surface area contributed by atoms with Gasteiger partial charge in [0.2, 0.25) is 5.95 Å². The minimum absolute atomic E-state index is 0.0815. The highest BCUT2D eigenvalue weighted by molar-refractivity contribution is 5.96. The molecule has 10 heteroatoms. The van der Waals surface area contributed by atoms with Gasteiger partial charge in [0, 0.05) is 43.5 Å². The summed E-state index contributed by atoms with van der Waals surface area (Å²) in [6.45, 7) is 5.26. The molecule has 10 nitrogen and oxygen atoms in total. The smallest absolute Gasteiger partial charge is 0.337 e. The summed E-state index contributed by atoms with van der Waals surface area (Å²) in [6.07, 6.45) is 3.10. The van der Waals surface area contributed by atoms with E-state index < -0.39 is 5.97 Å². The van der Waals surface area contributed by atoms with Gasteiger partial charge in [-0.05, 0) is 43.7 Å². The van der Waals surface area contributed by atoms with E-state index in [1.54, 1.807) is 35.4 Å². The summed E-state index contributed by atoms with van der Waals surface area (Å²) >= 11 is 0. The van der Waals surface area contributed by atoms with Crippen LogP contribution in [-0.2, 0) is 4.74 Å². The van der Waals surface area contributed by atoms with E-state index in [1.807, 2.05) is 18.7 Å². The summed E-state index contributed by atoms with van der Waals surface area (Å²) in [5.41, 5.74) is 2.52. The molecule has 1 N–H and O–H groups in total. The van der Waals surface area contributed by atoms with Crippen molar-refractivity contribution in [3.63, 3.8) is 0 Å². The zero-order valence-corrected chi connectivity index (χ0v) is 18.6. The highest BCUT2D eigenvalue weighted by atomic mass is 16.5. The summed E-state index contributed by atoms with van der Waals surface area (Å²) in [4.78, 5) is 56.3. The number of methoxy groups -OCH3 is 1. The average Bonchev–Trinajstić information content (AvgIpc) is 2.83. The van der Waals surface area contributed by atoms with Crippen LogP contribution in [0.15, 0.2) is 47.7 Å². The number of hydrogen-bond donors (Lipinski definition) is 1. The molecule has 2 aromatic heterocycles. The van der Waals surface area contributed by atoms with E-state index in [-0.39, 0.29) is 17.5 Å². The molecule has 1 fully saturated rings. The zero-order chi connectivity index (χ0) is 23.5. The van der Waals surface area contributed by atoms with Crippen molar-refractivity contribution in [3.05, 3.63) is 69.9 Å². The van der Waals surface area contributed by atoms with Gasteiger partial charge in [0.05, 0.1) is 24.1 Å². The highest BCUT2D eigenvalue weighted by Crippen LogP contribution is 2.22. The summed E-state index contributed by atoms with van der Waals surface area (Å²) in [5.74, 6) is -0.126. The Bertz CT molecular complexity index is 1240. The third kappa shape index (κ3) is 4.59. The maximum atomic E-state index is 13.0. The second-order valence-corrected chi connectivity index (χ2v) is 7.87. The van der Waals surface area contributed by atoms with Crippen LogP contribution in [0.2, 0.25) is 0 Å². The van der Waals surface area contributed by atoms with E-state index in [4.69, 9.17) is 4.74 Å². The maximum Gasteiger partial charge on any atom is 0.337 e. The summed E-state index contributed by atoms with van der Waals surface area (Å²) in [6, 6.07) is 7.74. The van der Waals surface area contributed by atoms with Gasteiger partial charge in [-0.2, -0.15) is 0 Å². The van der Waals surface area contributed by atoms with Crippen molar-refractivity contribution in [2.45, 2.75) is 19.9 Å². The molecule has 4 rings (SSSR count). The largest absolute Gasteiger partial charge is 0.465 e. The Hall–Kier alpha value is -4.08. The van der Waals surface area contributed by atoms with Gasteiger partial charge in [-0.3, -0.25) is 14.6 Å². The Balaban J connectivity index is 1.51. The molecule has 33 heavy (non-hydrogen) atoms. The van der Waals surface area contributed by atoms with Gasteiger partial charge in [0.25, 0.3) is 11.5 Å². The minimum Gasteiger partial charge on any atom is -0.465 e. The number of aromatic nitrogens is 4.